The van der Waals surface area contributed by atoms with Crippen LogP contribution in [-0.2, 0) is 16.1 Å². The van der Waals surface area contributed by atoms with E-state index in [-0.39, 0.29) is 41.4 Å². The van der Waals surface area contributed by atoms with E-state index in [9.17, 15) is 18.4 Å². The third-order valence-electron chi connectivity index (χ3n) is 4.17. The van der Waals surface area contributed by atoms with E-state index in [1.54, 1.807) is 19.1 Å². The van der Waals surface area contributed by atoms with Gasteiger partial charge in [0, 0.05) is 11.6 Å². The van der Waals surface area contributed by atoms with Gasteiger partial charge < -0.3 is 4.90 Å². The van der Waals surface area contributed by atoms with Gasteiger partial charge in [-0.1, -0.05) is 23.7 Å². The standard InChI is InChI=1S/C18H15ClF2N2O2/c1-11-18(25)23(16-7-4-13(19)8-15(16)21)10-17(24)22(11)9-12-2-5-14(20)6-3-12/h2-8,11H,9-10H2,1H3/t11-/m0/s1. The summed E-state index contributed by atoms with van der Waals surface area (Å²) in [6.07, 6.45) is 0. The molecule has 2 aromatic rings. The molecule has 2 amide bonds. The number of anilines is 1. The van der Waals surface area contributed by atoms with Crippen LogP contribution in [0.1, 0.15) is 12.5 Å². The minimum atomic E-state index is -0.763. The molecule has 0 aromatic heterocycles. The maximum Gasteiger partial charge on any atom is 0.250 e. The zero-order valence-electron chi connectivity index (χ0n) is 13.4. The Morgan fingerprint density at radius 1 is 1.12 bits per heavy atom. The Labute approximate surface area is 148 Å². The first-order valence-electron chi connectivity index (χ1n) is 7.67. The van der Waals surface area contributed by atoms with Crippen LogP contribution in [0.2, 0.25) is 5.02 Å². The molecular formula is C18H15ClF2N2O2. The molecule has 0 radical (unpaired) electrons. The molecule has 0 N–H and O–H groups in total. The normalized spacial score (nSPS) is 18.0. The summed E-state index contributed by atoms with van der Waals surface area (Å²) in [6.45, 7) is 1.51. The van der Waals surface area contributed by atoms with E-state index in [0.717, 1.165) is 11.0 Å². The van der Waals surface area contributed by atoms with Crippen molar-refractivity contribution in [3.63, 3.8) is 0 Å². The van der Waals surface area contributed by atoms with Gasteiger partial charge in [0.2, 0.25) is 11.8 Å². The molecule has 0 unspecified atom stereocenters. The lowest BCUT2D eigenvalue weighted by Crippen LogP contribution is -2.58. The molecule has 4 nitrogen and oxygen atoms in total. The smallest absolute Gasteiger partial charge is 0.250 e. The molecule has 0 aliphatic carbocycles. The number of carbonyl (C=O) groups excluding carboxylic acids is 2. The minimum Gasteiger partial charge on any atom is -0.325 e. The maximum absolute atomic E-state index is 14.1. The van der Waals surface area contributed by atoms with Crippen LogP contribution in [0.4, 0.5) is 14.5 Å². The summed E-state index contributed by atoms with van der Waals surface area (Å²) in [5.41, 5.74) is 0.733. The molecule has 0 saturated carbocycles. The van der Waals surface area contributed by atoms with Crippen molar-refractivity contribution in [2.24, 2.45) is 0 Å². The van der Waals surface area contributed by atoms with E-state index in [1.165, 1.54) is 29.2 Å². The zero-order chi connectivity index (χ0) is 18.1. The topological polar surface area (TPSA) is 40.6 Å². The molecular weight excluding hydrogens is 350 g/mol. The van der Waals surface area contributed by atoms with Crippen LogP contribution >= 0.6 is 11.6 Å². The first kappa shape index (κ1) is 17.4. The van der Waals surface area contributed by atoms with Gasteiger partial charge in [-0.15, -0.1) is 0 Å². The molecule has 2 aromatic carbocycles. The summed E-state index contributed by atoms with van der Waals surface area (Å²) in [5, 5.41) is 0.211. The average Bonchev–Trinajstić information content (AvgIpc) is 2.57. The molecule has 1 aliphatic rings. The molecule has 0 bridgehead atoms. The van der Waals surface area contributed by atoms with Gasteiger partial charge in [0.25, 0.3) is 0 Å². The number of halogens is 3. The first-order valence-corrected chi connectivity index (χ1v) is 8.05. The third-order valence-corrected chi connectivity index (χ3v) is 4.41. The number of amides is 2. The Kier molecular flexibility index (Phi) is 4.72. The summed E-state index contributed by atoms with van der Waals surface area (Å²) in [7, 11) is 0. The number of piperazine rings is 1. The number of hydrogen-bond acceptors (Lipinski definition) is 2. The van der Waals surface area contributed by atoms with Gasteiger partial charge in [0.15, 0.2) is 0 Å². The van der Waals surface area contributed by atoms with Crippen LogP contribution in [0.25, 0.3) is 0 Å². The molecule has 0 spiro atoms. The van der Waals surface area contributed by atoms with Crippen LogP contribution in [0.5, 0.6) is 0 Å². The summed E-state index contributed by atoms with van der Waals surface area (Å²) < 4.78 is 27.1. The van der Waals surface area contributed by atoms with Crippen molar-refractivity contribution < 1.29 is 18.4 Å². The predicted octanol–water partition coefficient (Wildman–Crippen LogP) is 3.38. The zero-order valence-corrected chi connectivity index (χ0v) is 14.1. The Morgan fingerprint density at radius 2 is 1.80 bits per heavy atom. The van der Waals surface area contributed by atoms with Crippen LogP contribution in [0.3, 0.4) is 0 Å². The SMILES string of the molecule is C[C@H]1C(=O)N(c2ccc(Cl)cc2F)CC(=O)N1Cc1ccc(F)cc1. The molecule has 3 rings (SSSR count). The summed E-state index contributed by atoms with van der Waals surface area (Å²) in [5.74, 6) is -1.73. The lowest BCUT2D eigenvalue weighted by molar-refractivity contribution is -0.143. The van der Waals surface area contributed by atoms with Gasteiger partial charge in [-0.2, -0.15) is 0 Å². The van der Waals surface area contributed by atoms with Crippen LogP contribution < -0.4 is 4.90 Å². The predicted molar refractivity (Wildman–Crippen MR) is 90.2 cm³/mol. The second kappa shape index (κ2) is 6.80. The highest BCUT2D eigenvalue weighted by atomic mass is 35.5. The summed E-state index contributed by atoms with van der Waals surface area (Å²) in [6, 6.07) is 8.90. The number of carbonyl (C=O) groups is 2. The molecule has 130 valence electrons. The van der Waals surface area contributed by atoms with Crippen molar-refractivity contribution in [3.8, 4) is 0 Å². The van der Waals surface area contributed by atoms with E-state index in [0.29, 0.717) is 5.56 Å². The van der Waals surface area contributed by atoms with Crippen molar-refractivity contribution >= 4 is 29.1 Å². The van der Waals surface area contributed by atoms with Gasteiger partial charge in [-0.3, -0.25) is 14.5 Å². The van der Waals surface area contributed by atoms with Crippen molar-refractivity contribution in [1.29, 1.82) is 0 Å². The summed E-state index contributed by atoms with van der Waals surface area (Å²) >= 11 is 5.73. The third kappa shape index (κ3) is 3.49. The maximum atomic E-state index is 14.1. The van der Waals surface area contributed by atoms with Crippen molar-refractivity contribution in [1.82, 2.24) is 4.90 Å². The summed E-state index contributed by atoms with van der Waals surface area (Å²) in [4.78, 5) is 27.7. The number of benzene rings is 2. The van der Waals surface area contributed by atoms with Gasteiger partial charge in [0.05, 0.1) is 5.69 Å². The lowest BCUT2D eigenvalue weighted by Gasteiger charge is -2.38. The lowest BCUT2D eigenvalue weighted by atomic mass is 10.1. The fourth-order valence-electron chi connectivity index (χ4n) is 2.79. The second-order valence-electron chi connectivity index (χ2n) is 5.84. The van der Waals surface area contributed by atoms with Crippen LogP contribution in [0, 0.1) is 11.6 Å². The molecule has 1 fully saturated rings. The van der Waals surface area contributed by atoms with Gasteiger partial charge >= 0.3 is 0 Å². The largest absolute Gasteiger partial charge is 0.325 e. The molecule has 7 heteroatoms. The van der Waals surface area contributed by atoms with E-state index in [2.05, 4.69) is 0 Å². The van der Waals surface area contributed by atoms with Crippen molar-refractivity contribution in [2.75, 3.05) is 11.4 Å². The van der Waals surface area contributed by atoms with E-state index < -0.39 is 11.9 Å². The highest BCUT2D eigenvalue weighted by Crippen LogP contribution is 2.27. The quantitative estimate of drug-likeness (QED) is 0.837. The molecule has 25 heavy (non-hydrogen) atoms. The molecule has 1 saturated heterocycles. The Hall–Kier alpha value is -2.47. The highest BCUT2D eigenvalue weighted by Gasteiger charge is 2.38. The first-order chi connectivity index (χ1) is 11.9. The fraction of sp³-hybridized carbons (Fsp3) is 0.222. The number of rotatable bonds is 3. The monoisotopic (exact) mass is 364 g/mol. The molecule has 1 aliphatic heterocycles. The van der Waals surface area contributed by atoms with Crippen molar-refractivity contribution in [3.05, 3.63) is 64.7 Å². The van der Waals surface area contributed by atoms with E-state index in [4.69, 9.17) is 11.6 Å². The second-order valence-corrected chi connectivity index (χ2v) is 6.28. The minimum absolute atomic E-state index is 0.0241. The molecule has 1 heterocycles. The molecule has 1 atom stereocenters. The highest BCUT2D eigenvalue weighted by molar-refractivity contribution is 6.30. The van der Waals surface area contributed by atoms with Gasteiger partial charge in [-0.05, 0) is 42.8 Å². The van der Waals surface area contributed by atoms with E-state index in [1.807, 2.05) is 0 Å². The van der Waals surface area contributed by atoms with Gasteiger partial charge in [0.1, 0.15) is 24.2 Å². The number of nitrogens with zero attached hydrogens (tertiary/aromatic N) is 2. The Balaban J connectivity index is 1.82. The Bertz CT molecular complexity index is 826. The van der Waals surface area contributed by atoms with Crippen LogP contribution in [0.15, 0.2) is 42.5 Å². The number of hydrogen-bond donors (Lipinski definition) is 0. The average molecular weight is 365 g/mol. The van der Waals surface area contributed by atoms with Gasteiger partial charge in [-0.25, -0.2) is 8.78 Å². The van der Waals surface area contributed by atoms with Crippen molar-refractivity contribution in [2.45, 2.75) is 19.5 Å². The van der Waals surface area contributed by atoms with Crippen LogP contribution in [-0.4, -0.2) is 29.3 Å². The Morgan fingerprint density at radius 3 is 2.44 bits per heavy atom. The van der Waals surface area contributed by atoms with E-state index >= 15 is 0 Å². The fourth-order valence-corrected chi connectivity index (χ4v) is 2.95.